The number of rotatable bonds is 4. The van der Waals surface area contributed by atoms with Gasteiger partial charge in [-0.2, -0.15) is 0 Å². The molecule has 0 spiro atoms. The Morgan fingerprint density at radius 3 is 2.86 bits per heavy atom. The van der Waals surface area contributed by atoms with Crippen LogP contribution in [0.3, 0.4) is 0 Å². The number of carbonyl (C=O) groups excluding carboxylic acids is 1. The van der Waals surface area contributed by atoms with Crippen molar-refractivity contribution in [1.29, 1.82) is 0 Å². The summed E-state index contributed by atoms with van der Waals surface area (Å²) in [5, 5.41) is 4.80. The second kappa shape index (κ2) is 7.25. The summed E-state index contributed by atoms with van der Waals surface area (Å²) in [7, 11) is 0. The molecule has 0 fully saturated rings. The molecule has 0 aliphatic carbocycles. The van der Waals surface area contributed by atoms with Gasteiger partial charge >= 0.3 is 0 Å². The van der Waals surface area contributed by atoms with Gasteiger partial charge in [0.1, 0.15) is 16.5 Å². The second-order valence-corrected chi connectivity index (χ2v) is 7.21. The van der Waals surface area contributed by atoms with Gasteiger partial charge in [0.15, 0.2) is 0 Å². The maximum Gasteiger partial charge on any atom is 0.281 e. The van der Waals surface area contributed by atoms with Crippen LogP contribution in [0.4, 0.5) is 14.6 Å². The lowest BCUT2D eigenvalue weighted by molar-refractivity contribution is -0.114. The fraction of sp³-hybridized carbons (Fsp3) is 0.111. The van der Waals surface area contributed by atoms with Gasteiger partial charge in [0, 0.05) is 30.3 Å². The molecule has 0 aromatic carbocycles. The number of H-pyrrole nitrogens is 1. The van der Waals surface area contributed by atoms with E-state index in [0.29, 0.717) is 43.7 Å². The van der Waals surface area contributed by atoms with E-state index in [9.17, 15) is 13.6 Å². The zero-order valence-electron chi connectivity index (χ0n) is 14.3. The van der Waals surface area contributed by atoms with Gasteiger partial charge in [-0.1, -0.05) is 11.6 Å². The lowest BCUT2D eigenvalue weighted by Crippen LogP contribution is -2.07. The van der Waals surface area contributed by atoms with Crippen molar-refractivity contribution in [1.82, 2.24) is 19.9 Å². The Morgan fingerprint density at radius 1 is 1.32 bits per heavy atom. The maximum atomic E-state index is 13.0. The van der Waals surface area contributed by atoms with Gasteiger partial charge in [-0.05, 0) is 18.2 Å². The van der Waals surface area contributed by atoms with E-state index in [-0.39, 0.29) is 11.6 Å². The molecule has 0 radical (unpaired) electrons. The highest BCUT2D eigenvalue weighted by atomic mass is 35.5. The zero-order valence-corrected chi connectivity index (χ0v) is 15.9. The summed E-state index contributed by atoms with van der Waals surface area (Å²) < 4.78 is 26.1. The topological polar surface area (TPSA) is 83.6 Å². The molecule has 4 rings (SSSR count). The summed E-state index contributed by atoms with van der Waals surface area (Å²) >= 11 is 7.16. The first kappa shape index (κ1) is 18.5. The standard InChI is InChI=1S/C18H12ClF2N5OS/c1-8(27)24-13-4-9(2-3-22-13)15-14(18-26-12(7-28-18)17(20)21)16-11(25-15)5-10(19)6-23-16/h2-7,17,25H,1H3,(H,22,24,27). The number of aromatic amines is 1. The summed E-state index contributed by atoms with van der Waals surface area (Å²) in [6.45, 7) is 1.38. The second-order valence-electron chi connectivity index (χ2n) is 5.91. The summed E-state index contributed by atoms with van der Waals surface area (Å²) in [5.41, 5.74) is 2.81. The summed E-state index contributed by atoms with van der Waals surface area (Å²) in [5.74, 6) is 0.115. The van der Waals surface area contributed by atoms with E-state index in [1.54, 1.807) is 24.4 Å². The Labute approximate surface area is 166 Å². The van der Waals surface area contributed by atoms with Gasteiger partial charge in [0.05, 0.1) is 27.3 Å². The van der Waals surface area contributed by atoms with Crippen molar-refractivity contribution in [2.75, 3.05) is 5.32 Å². The van der Waals surface area contributed by atoms with Crippen molar-refractivity contribution in [3.05, 3.63) is 46.7 Å². The maximum absolute atomic E-state index is 13.0. The number of hydrogen-bond acceptors (Lipinski definition) is 5. The molecule has 0 unspecified atom stereocenters. The number of nitrogens with one attached hydrogen (secondary N) is 2. The number of halogens is 3. The van der Waals surface area contributed by atoms with Gasteiger partial charge in [-0.25, -0.2) is 18.7 Å². The van der Waals surface area contributed by atoms with Gasteiger partial charge in [-0.3, -0.25) is 9.78 Å². The van der Waals surface area contributed by atoms with Crippen molar-refractivity contribution in [2.45, 2.75) is 13.3 Å². The van der Waals surface area contributed by atoms with Crippen LogP contribution < -0.4 is 5.32 Å². The number of thiazole rings is 1. The molecule has 0 aliphatic rings. The molecule has 0 saturated heterocycles. The number of carbonyl (C=O) groups is 1. The van der Waals surface area contributed by atoms with E-state index in [0.717, 1.165) is 11.3 Å². The van der Waals surface area contributed by atoms with Crippen molar-refractivity contribution >= 4 is 45.7 Å². The highest BCUT2D eigenvalue weighted by Gasteiger charge is 2.21. The molecule has 4 aromatic heterocycles. The number of aromatic nitrogens is 4. The largest absolute Gasteiger partial charge is 0.353 e. The van der Waals surface area contributed by atoms with E-state index in [2.05, 4.69) is 25.3 Å². The molecule has 10 heteroatoms. The van der Waals surface area contributed by atoms with Crippen LogP contribution in [-0.4, -0.2) is 25.8 Å². The molecule has 0 aliphatic heterocycles. The van der Waals surface area contributed by atoms with Crippen LogP contribution in [-0.2, 0) is 4.79 Å². The quantitative estimate of drug-likeness (QED) is 0.470. The first-order valence-electron chi connectivity index (χ1n) is 8.07. The van der Waals surface area contributed by atoms with Crippen molar-refractivity contribution < 1.29 is 13.6 Å². The van der Waals surface area contributed by atoms with Crippen LogP contribution >= 0.6 is 22.9 Å². The number of nitrogens with zero attached hydrogens (tertiary/aromatic N) is 3. The minimum absolute atomic E-state index is 0.253. The lowest BCUT2D eigenvalue weighted by atomic mass is 10.1. The fourth-order valence-corrected chi connectivity index (χ4v) is 3.83. The minimum Gasteiger partial charge on any atom is -0.353 e. The first-order chi connectivity index (χ1) is 13.4. The molecule has 142 valence electrons. The molecule has 0 bridgehead atoms. The third-order valence-electron chi connectivity index (χ3n) is 3.91. The van der Waals surface area contributed by atoms with Crippen LogP contribution in [0.25, 0.3) is 32.9 Å². The SMILES string of the molecule is CC(=O)Nc1cc(-c2[nH]c3cc(Cl)cnc3c2-c2nc(C(F)F)cs2)ccn1. The fourth-order valence-electron chi connectivity index (χ4n) is 2.81. The average Bonchev–Trinajstić information content (AvgIpc) is 3.25. The summed E-state index contributed by atoms with van der Waals surface area (Å²) in [4.78, 5) is 27.1. The zero-order chi connectivity index (χ0) is 19.8. The van der Waals surface area contributed by atoms with Crippen LogP contribution in [0.5, 0.6) is 0 Å². The molecule has 6 nitrogen and oxygen atoms in total. The molecular weight excluding hydrogens is 408 g/mol. The van der Waals surface area contributed by atoms with Crippen LogP contribution in [0.1, 0.15) is 19.0 Å². The third-order valence-corrected chi connectivity index (χ3v) is 5.00. The first-order valence-corrected chi connectivity index (χ1v) is 9.33. The van der Waals surface area contributed by atoms with Crippen LogP contribution in [0, 0.1) is 0 Å². The molecule has 1 amide bonds. The summed E-state index contributed by atoms with van der Waals surface area (Å²) in [6.07, 6.45) is 0.373. The smallest absolute Gasteiger partial charge is 0.281 e. The van der Waals surface area contributed by atoms with E-state index < -0.39 is 6.43 Å². The van der Waals surface area contributed by atoms with E-state index in [4.69, 9.17) is 11.6 Å². The summed E-state index contributed by atoms with van der Waals surface area (Å²) in [6, 6.07) is 5.12. The van der Waals surface area contributed by atoms with Gasteiger partial charge in [0.25, 0.3) is 6.43 Å². The lowest BCUT2D eigenvalue weighted by Gasteiger charge is -2.05. The minimum atomic E-state index is -2.66. The Kier molecular flexibility index (Phi) is 4.78. The van der Waals surface area contributed by atoms with E-state index in [1.165, 1.54) is 18.5 Å². The molecule has 2 N–H and O–H groups in total. The number of hydrogen-bond donors (Lipinski definition) is 2. The van der Waals surface area contributed by atoms with Crippen molar-refractivity contribution in [2.24, 2.45) is 0 Å². The Bertz CT molecular complexity index is 1190. The predicted molar refractivity (Wildman–Crippen MR) is 105 cm³/mol. The molecule has 4 aromatic rings. The third kappa shape index (κ3) is 3.46. The molecule has 28 heavy (non-hydrogen) atoms. The average molecular weight is 420 g/mol. The predicted octanol–water partition coefficient (Wildman–Crippen LogP) is 5.30. The molecular formula is C18H12ClF2N5OS. The van der Waals surface area contributed by atoms with E-state index >= 15 is 0 Å². The molecule has 0 saturated carbocycles. The monoisotopic (exact) mass is 419 g/mol. The highest BCUT2D eigenvalue weighted by molar-refractivity contribution is 7.13. The van der Waals surface area contributed by atoms with Gasteiger partial charge < -0.3 is 10.3 Å². The Balaban J connectivity index is 1.94. The van der Waals surface area contributed by atoms with Crippen molar-refractivity contribution in [3.63, 3.8) is 0 Å². The molecule has 4 heterocycles. The number of alkyl halides is 2. The normalized spacial score (nSPS) is 11.3. The Morgan fingerprint density at radius 2 is 2.14 bits per heavy atom. The van der Waals surface area contributed by atoms with Gasteiger partial charge in [0.2, 0.25) is 5.91 Å². The number of fused-ring (bicyclic) bond motifs is 1. The number of pyridine rings is 2. The van der Waals surface area contributed by atoms with Crippen molar-refractivity contribution in [3.8, 4) is 21.8 Å². The van der Waals surface area contributed by atoms with Gasteiger partial charge in [-0.15, -0.1) is 11.3 Å². The number of amides is 1. The Hall–Kier alpha value is -2.91. The number of anilines is 1. The highest BCUT2D eigenvalue weighted by Crippen LogP contribution is 2.40. The van der Waals surface area contributed by atoms with E-state index in [1.807, 2.05) is 0 Å². The molecule has 0 atom stereocenters. The van der Waals surface area contributed by atoms with Crippen LogP contribution in [0.2, 0.25) is 5.02 Å². The van der Waals surface area contributed by atoms with Crippen LogP contribution in [0.15, 0.2) is 36.0 Å².